The van der Waals surface area contributed by atoms with E-state index in [9.17, 15) is 13.2 Å². The van der Waals surface area contributed by atoms with Gasteiger partial charge in [-0.25, -0.2) is 0 Å². The van der Waals surface area contributed by atoms with Crippen LogP contribution in [-0.2, 0) is 15.7 Å². The second-order valence-electron chi connectivity index (χ2n) is 7.26. The van der Waals surface area contributed by atoms with Gasteiger partial charge in [0, 0.05) is 10.6 Å². The fourth-order valence-corrected chi connectivity index (χ4v) is 3.81. The average Bonchev–Trinajstić information content (AvgIpc) is 2.68. The maximum absolute atomic E-state index is 12.6. The molecule has 8 heteroatoms. The van der Waals surface area contributed by atoms with Crippen molar-refractivity contribution >= 4 is 11.8 Å². The van der Waals surface area contributed by atoms with E-state index in [0.717, 1.165) is 34.1 Å². The molecule has 1 aliphatic rings. The molecule has 0 amide bonds. The van der Waals surface area contributed by atoms with Gasteiger partial charge in [0.15, 0.2) is 12.6 Å². The molecule has 0 aliphatic carbocycles. The fraction of sp³-hybridized carbons (Fsp3) is 0.455. The summed E-state index contributed by atoms with van der Waals surface area (Å²) >= 11 is 1.70. The zero-order valence-electron chi connectivity index (χ0n) is 17.1. The van der Waals surface area contributed by atoms with Gasteiger partial charge in [-0.15, -0.1) is 11.8 Å². The third-order valence-electron chi connectivity index (χ3n) is 4.46. The maximum Gasteiger partial charge on any atom is 0.416 e. The van der Waals surface area contributed by atoms with Crippen LogP contribution in [0.1, 0.15) is 25.0 Å². The van der Waals surface area contributed by atoms with Crippen LogP contribution in [0.4, 0.5) is 13.2 Å². The molecule has 1 unspecified atom stereocenters. The quantitative estimate of drug-likeness (QED) is 0.451. The molecule has 1 fully saturated rings. The minimum Gasteiger partial charge on any atom is -0.493 e. The lowest BCUT2D eigenvalue weighted by Gasteiger charge is -2.33. The highest BCUT2D eigenvalue weighted by Gasteiger charge is 2.30. The molecule has 1 aliphatic heterocycles. The standard InChI is InChI=1S/C22H25F3O4S/c1-14(11-26-18-6-4-17(5-7-18)22(23,24)25)13-30-19-8-9-20(15(2)10-19)27-12-21-28-16(3)29-21/h4-10,14,16,21H,11-13H2,1-3H3. The van der Waals surface area contributed by atoms with E-state index in [1.54, 1.807) is 11.8 Å². The van der Waals surface area contributed by atoms with Crippen LogP contribution >= 0.6 is 11.8 Å². The topological polar surface area (TPSA) is 36.9 Å². The Morgan fingerprint density at radius 3 is 2.37 bits per heavy atom. The Morgan fingerprint density at radius 2 is 1.77 bits per heavy atom. The Hall–Kier alpha value is -1.90. The SMILES string of the molecule is Cc1cc(SCC(C)COc2ccc(C(F)(F)F)cc2)ccc1OCC1OC(C)O1. The van der Waals surface area contributed by atoms with Crippen molar-refractivity contribution in [3.63, 3.8) is 0 Å². The van der Waals surface area contributed by atoms with Crippen LogP contribution < -0.4 is 9.47 Å². The number of aryl methyl sites for hydroxylation is 1. The maximum atomic E-state index is 12.6. The minimum atomic E-state index is -4.33. The number of thioether (sulfide) groups is 1. The smallest absolute Gasteiger partial charge is 0.416 e. The molecule has 1 saturated heterocycles. The van der Waals surface area contributed by atoms with Crippen molar-refractivity contribution in [3.05, 3.63) is 53.6 Å². The van der Waals surface area contributed by atoms with Crippen molar-refractivity contribution in [2.75, 3.05) is 19.0 Å². The van der Waals surface area contributed by atoms with E-state index in [1.807, 2.05) is 32.9 Å². The van der Waals surface area contributed by atoms with Crippen LogP contribution in [0.15, 0.2) is 47.4 Å². The van der Waals surface area contributed by atoms with Crippen LogP contribution in [0.2, 0.25) is 0 Å². The molecule has 164 valence electrons. The zero-order valence-corrected chi connectivity index (χ0v) is 17.9. The lowest BCUT2D eigenvalue weighted by atomic mass is 10.2. The van der Waals surface area contributed by atoms with Crippen LogP contribution in [0.3, 0.4) is 0 Å². The Labute approximate surface area is 178 Å². The lowest BCUT2D eigenvalue weighted by molar-refractivity contribution is -0.380. The predicted molar refractivity (Wildman–Crippen MR) is 109 cm³/mol. The van der Waals surface area contributed by atoms with Crippen LogP contribution in [-0.4, -0.2) is 31.5 Å². The molecule has 0 N–H and O–H groups in total. The van der Waals surface area contributed by atoms with Gasteiger partial charge in [0.25, 0.3) is 0 Å². The van der Waals surface area contributed by atoms with Gasteiger partial charge < -0.3 is 18.9 Å². The third-order valence-corrected chi connectivity index (χ3v) is 5.78. The monoisotopic (exact) mass is 442 g/mol. The summed E-state index contributed by atoms with van der Waals surface area (Å²) in [4.78, 5) is 1.12. The largest absolute Gasteiger partial charge is 0.493 e. The van der Waals surface area contributed by atoms with Crippen LogP contribution in [0.25, 0.3) is 0 Å². The molecule has 0 spiro atoms. The van der Waals surface area contributed by atoms with Gasteiger partial charge in [0.1, 0.15) is 18.1 Å². The number of rotatable bonds is 9. The second kappa shape index (κ2) is 9.94. The average molecular weight is 442 g/mol. The van der Waals surface area contributed by atoms with Gasteiger partial charge in [-0.2, -0.15) is 13.2 Å². The van der Waals surface area contributed by atoms with Gasteiger partial charge >= 0.3 is 6.18 Å². The molecule has 3 rings (SSSR count). The third kappa shape index (κ3) is 6.55. The summed E-state index contributed by atoms with van der Waals surface area (Å²) in [5.41, 5.74) is 0.351. The van der Waals surface area contributed by atoms with E-state index < -0.39 is 11.7 Å². The number of alkyl halides is 3. The molecule has 1 heterocycles. The Bertz CT molecular complexity index is 820. The molecule has 0 saturated carbocycles. The van der Waals surface area contributed by atoms with E-state index >= 15 is 0 Å². The van der Waals surface area contributed by atoms with Crippen molar-refractivity contribution in [2.24, 2.45) is 5.92 Å². The molecule has 30 heavy (non-hydrogen) atoms. The Balaban J connectivity index is 1.40. The van der Waals surface area contributed by atoms with Gasteiger partial charge in [-0.3, -0.25) is 0 Å². The molecule has 1 atom stereocenters. The number of hydrogen-bond acceptors (Lipinski definition) is 5. The highest BCUT2D eigenvalue weighted by Crippen LogP contribution is 2.31. The normalized spacial score (nSPS) is 19.8. The fourth-order valence-electron chi connectivity index (χ4n) is 2.81. The van der Waals surface area contributed by atoms with Gasteiger partial charge in [0.2, 0.25) is 0 Å². The number of ether oxygens (including phenoxy) is 4. The van der Waals surface area contributed by atoms with Crippen LogP contribution in [0.5, 0.6) is 11.5 Å². The Morgan fingerprint density at radius 1 is 1.07 bits per heavy atom. The highest BCUT2D eigenvalue weighted by molar-refractivity contribution is 7.99. The second-order valence-corrected chi connectivity index (χ2v) is 8.35. The van der Waals surface area contributed by atoms with Gasteiger partial charge in [0.05, 0.1) is 12.2 Å². The van der Waals surface area contributed by atoms with Gasteiger partial charge in [-0.1, -0.05) is 6.92 Å². The first-order chi connectivity index (χ1) is 14.2. The number of benzene rings is 2. The summed E-state index contributed by atoms with van der Waals surface area (Å²) in [6, 6.07) is 10.8. The molecule has 0 radical (unpaired) electrons. The number of halogens is 3. The zero-order chi connectivity index (χ0) is 21.7. The first-order valence-corrected chi connectivity index (χ1v) is 10.7. The van der Waals surface area contributed by atoms with Crippen molar-refractivity contribution in [1.29, 1.82) is 0 Å². The molecule has 2 aromatic rings. The van der Waals surface area contributed by atoms with Gasteiger partial charge in [-0.05, 0) is 67.8 Å². The first kappa shape index (κ1) is 22.8. The minimum absolute atomic E-state index is 0.163. The summed E-state index contributed by atoms with van der Waals surface area (Å²) < 4.78 is 59.9. The summed E-state index contributed by atoms with van der Waals surface area (Å²) in [6.07, 6.45) is -4.80. The van der Waals surface area contributed by atoms with Crippen molar-refractivity contribution in [2.45, 2.75) is 44.4 Å². The molecule has 4 nitrogen and oxygen atoms in total. The Kier molecular flexibility index (Phi) is 7.55. The summed E-state index contributed by atoms with van der Waals surface area (Å²) in [5.74, 6) is 2.28. The molecule has 2 aromatic carbocycles. The first-order valence-electron chi connectivity index (χ1n) is 9.68. The van der Waals surface area contributed by atoms with E-state index in [1.165, 1.54) is 12.1 Å². The highest BCUT2D eigenvalue weighted by atomic mass is 32.2. The summed E-state index contributed by atoms with van der Waals surface area (Å²) in [6.45, 7) is 6.65. The summed E-state index contributed by atoms with van der Waals surface area (Å²) in [7, 11) is 0. The van der Waals surface area contributed by atoms with Crippen molar-refractivity contribution < 1.29 is 32.1 Å². The number of hydrogen-bond donors (Lipinski definition) is 0. The van der Waals surface area contributed by atoms with E-state index in [-0.39, 0.29) is 18.5 Å². The van der Waals surface area contributed by atoms with Crippen LogP contribution in [0, 0.1) is 12.8 Å². The molecular weight excluding hydrogens is 417 g/mol. The summed E-state index contributed by atoms with van der Waals surface area (Å²) in [5, 5.41) is 0. The van der Waals surface area contributed by atoms with E-state index in [4.69, 9.17) is 18.9 Å². The van der Waals surface area contributed by atoms with Crippen molar-refractivity contribution in [3.8, 4) is 11.5 Å². The lowest BCUT2D eigenvalue weighted by Crippen LogP contribution is -2.42. The van der Waals surface area contributed by atoms with E-state index in [0.29, 0.717) is 19.0 Å². The molecule has 0 bridgehead atoms. The molecular formula is C22H25F3O4S. The molecule has 0 aromatic heterocycles. The van der Waals surface area contributed by atoms with Crippen molar-refractivity contribution in [1.82, 2.24) is 0 Å². The van der Waals surface area contributed by atoms with E-state index in [2.05, 4.69) is 6.07 Å². The predicted octanol–water partition coefficient (Wildman–Crippen LogP) is 5.92.